The van der Waals surface area contributed by atoms with E-state index in [0.717, 1.165) is 0 Å². The summed E-state index contributed by atoms with van der Waals surface area (Å²) in [6.45, 7) is 0. The third-order valence-corrected chi connectivity index (χ3v) is 5.30. The van der Waals surface area contributed by atoms with Gasteiger partial charge in [-0.1, -0.05) is 6.07 Å². The molecule has 0 amide bonds. The van der Waals surface area contributed by atoms with Crippen molar-refractivity contribution in [1.29, 1.82) is 0 Å². The predicted molar refractivity (Wildman–Crippen MR) is 79.5 cm³/mol. The van der Waals surface area contributed by atoms with E-state index in [2.05, 4.69) is 10.6 Å². The van der Waals surface area contributed by atoms with Gasteiger partial charge in [0.05, 0.1) is 22.9 Å². The van der Waals surface area contributed by atoms with Crippen molar-refractivity contribution >= 4 is 44.5 Å². The fraction of sp³-hybridized carbons (Fsp3) is 0.364. The molecular formula is C11H13ClN2O3S2. The second kappa shape index (κ2) is 5.52. The lowest BCUT2D eigenvalue weighted by Gasteiger charge is -2.17. The van der Waals surface area contributed by atoms with E-state index in [1.807, 2.05) is 0 Å². The number of benzene rings is 1. The third kappa shape index (κ3) is 3.95. The minimum Gasteiger partial charge on any atom is -0.508 e. The van der Waals surface area contributed by atoms with Gasteiger partial charge in [0.25, 0.3) is 0 Å². The van der Waals surface area contributed by atoms with Crippen molar-refractivity contribution in [2.75, 3.05) is 16.8 Å². The molecule has 8 heteroatoms. The lowest BCUT2D eigenvalue weighted by atomic mass is 10.2. The lowest BCUT2D eigenvalue weighted by Crippen LogP contribution is -2.42. The van der Waals surface area contributed by atoms with E-state index >= 15 is 0 Å². The van der Waals surface area contributed by atoms with Crippen molar-refractivity contribution < 1.29 is 13.5 Å². The number of anilines is 1. The number of phenolic OH excluding ortho intramolecular Hbond substituents is 1. The first-order valence-corrected chi connectivity index (χ1v) is 8.23. The van der Waals surface area contributed by atoms with Gasteiger partial charge in [0.1, 0.15) is 5.75 Å². The first-order valence-electron chi connectivity index (χ1n) is 5.57. The van der Waals surface area contributed by atoms with E-state index in [0.29, 0.717) is 5.69 Å². The average molecular weight is 321 g/mol. The van der Waals surface area contributed by atoms with E-state index in [-0.39, 0.29) is 22.4 Å². The quantitative estimate of drug-likeness (QED) is 0.559. The van der Waals surface area contributed by atoms with E-state index < -0.39 is 21.3 Å². The molecule has 0 saturated carbocycles. The molecule has 1 aliphatic heterocycles. The molecule has 0 aliphatic carbocycles. The van der Waals surface area contributed by atoms with Crippen LogP contribution in [0.3, 0.4) is 0 Å². The molecule has 0 spiro atoms. The zero-order valence-electron chi connectivity index (χ0n) is 9.84. The number of halogens is 1. The Morgan fingerprint density at radius 1 is 1.42 bits per heavy atom. The molecule has 19 heavy (non-hydrogen) atoms. The summed E-state index contributed by atoms with van der Waals surface area (Å²) in [5, 5.41) is 14.8. The predicted octanol–water partition coefficient (Wildman–Crippen LogP) is 1.08. The van der Waals surface area contributed by atoms with E-state index in [1.165, 1.54) is 6.07 Å². The molecule has 0 bridgehead atoms. The van der Waals surface area contributed by atoms with Crippen LogP contribution in [-0.4, -0.2) is 41.6 Å². The average Bonchev–Trinajstić information content (AvgIpc) is 2.51. The van der Waals surface area contributed by atoms with Gasteiger partial charge in [-0.2, -0.15) is 0 Å². The maximum absolute atomic E-state index is 11.4. The Kier molecular flexibility index (Phi) is 4.17. The van der Waals surface area contributed by atoms with Crippen molar-refractivity contribution in [3.05, 3.63) is 24.3 Å². The number of hydrogen-bond acceptors (Lipinski definition) is 4. The maximum Gasteiger partial charge on any atom is 0.171 e. The van der Waals surface area contributed by atoms with Crippen LogP contribution in [-0.2, 0) is 9.84 Å². The molecule has 2 atom stereocenters. The molecule has 2 rings (SSSR count). The molecular weight excluding hydrogens is 308 g/mol. The van der Waals surface area contributed by atoms with Crippen LogP contribution in [0.5, 0.6) is 5.75 Å². The summed E-state index contributed by atoms with van der Waals surface area (Å²) >= 11 is 11.1. The summed E-state index contributed by atoms with van der Waals surface area (Å²) in [6.07, 6.45) is 0. The molecule has 2 unspecified atom stereocenters. The second-order valence-corrected chi connectivity index (χ2v) is 7.47. The summed E-state index contributed by atoms with van der Waals surface area (Å²) < 4.78 is 22.8. The first kappa shape index (κ1) is 14.4. The highest BCUT2D eigenvalue weighted by molar-refractivity contribution is 7.91. The Labute approximate surface area is 121 Å². The van der Waals surface area contributed by atoms with Crippen molar-refractivity contribution in [1.82, 2.24) is 5.32 Å². The number of sulfone groups is 1. The van der Waals surface area contributed by atoms with Gasteiger partial charge >= 0.3 is 0 Å². The molecule has 5 nitrogen and oxygen atoms in total. The van der Waals surface area contributed by atoms with Gasteiger partial charge in [0, 0.05) is 11.8 Å². The molecule has 1 saturated heterocycles. The van der Waals surface area contributed by atoms with Crippen molar-refractivity contribution in [2.45, 2.75) is 11.4 Å². The molecule has 0 aromatic heterocycles. The number of nitrogens with one attached hydrogen (secondary N) is 2. The monoisotopic (exact) mass is 320 g/mol. The van der Waals surface area contributed by atoms with Crippen molar-refractivity contribution in [2.24, 2.45) is 0 Å². The molecule has 1 aliphatic rings. The molecule has 1 heterocycles. The molecule has 0 radical (unpaired) electrons. The standard InChI is InChI=1S/C11H13ClN2O3S2/c12-9-5-19(16,17)6-10(9)14-11(18)13-7-2-1-3-8(15)4-7/h1-4,9-10,15H,5-6H2,(H2,13,14,18). The van der Waals surface area contributed by atoms with Gasteiger partial charge < -0.3 is 15.7 Å². The Morgan fingerprint density at radius 3 is 2.74 bits per heavy atom. The summed E-state index contributed by atoms with van der Waals surface area (Å²) in [5.41, 5.74) is 0.615. The van der Waals surface area contributed by atoms with E-state index in [9.17, 15) is 13.5 Å². The number of alkyl halides is 1. The van der Waals surface area contributed by atoms with Crippen LogP contribution >= 0.6 is 23.8 Å². The Balaban J connectivity index is 1.95. The number of aromatic hydroxyl groups is 1. The van der Waals surface area contributed by atoms with Gasteiger partial charge in [-0.3, -0.25) is 0 Å². The van der Waals surface area contributed by atoms with Crippen LogP contribution in [0.2, 0.25) is 0 Å². The minimum atomic E-state index is -3.09. The first-order chi connectivity index (χ1) is 8.85. The number of thiocarbonyl (C=S) groups is 1. The van der Waals surface area contributed by atoms with Gasteiger partial charge in [0.2, 0.25) is 0 Å². The molecule has 104 valence electrons. The number of hydrogen-bond donors (Lipinski definition) is 3. The zero-order chi connectivity index (χ0) is 14.0. The third-order valence-electron chi connectivity index (χ3n) is 2.70. The zero-order valence-corrected chi connectivity index (χ0v) is 12.2. The van der Waals surface area contributed by atoms with Crippen LogP contribution in [0.4, 0.5) is 5.69 Å². The highest BCUT2D eigenvalue weighted by atomic mass is 35.5. The molecule has 1 aromatic rings. The molecule has 1 fully saturated rings. The number of phenols is 1. The summed E-state index contributed by atoms with van der Waals surface area (Å²) in [5.74, 6) is 0.0516. The largest absolute Gasteiger partial charge is 0.508 e. The Morgan fingerprint density at radius 2 is 2.16 bits per heavy atom. The fourth-order valence-electron chi connectivity index (χ4n) is 1.86. The lowest BCUT2D eigenvalue weighted by molar-refractivity contribution is 0.475. The second-order valence-electron chi connectivity index (χ2n) is 4.35. The van der Waals surface area contributed by atoms with Crippen LogP contribution in [0.1, 0.15) is 0 Å². The minimum absolute atomic E-state index is 0.0248. The van der Waals surface area contributed by atoms with Gasteiger partial charge in [0.15, 0.2) is 14.9 Å². The highest BCUT2D eigenvalue weighted by Gasteiger charge is 2.36. The SMILES string of the molecule is O=S1(=O)CC(Cl)C(NC(=S)Nc2cccc(O)c2)C1. The number of rotatable bonds is 2. The Bertz CT molecular complexity index is 591. The smallest absolute Gasteiger partial charge is 0.171 e. The summed E-state index contributed by atoms with van der Waals surface area (Å²) in [6, 6.07) is 6.06. The normalized spacial score (nSPS) is 24.9. The van der Waals surface area contributed by atoms with E-state index in [4.69, 9.17) is 23.8 Å². The van der Waals surface area contributed by atoms with Crippen LogP contribution in [0.25, 0.3) is 0 Å². The summed E-state index contributed by atoms with van der Waals surface area (Å²) in [4.78, 5) is 0. The van der Waals surface area contributed by atoms with Gasteiger partial charge in [-0.25, -0.2) is 8.42 Å². The van der Waals surface area contributed by atoms with Crippen molar-refractivity contribution in [3.63, 3.8) is 0 Å². The van der Waals surface area contributed by atoms with E-state index in [1.54, 1.807) is 18.2 Å². The van der Waals surface area contributed by atoms with Gasteiger partial charge in [-0.05, 0) is 24.4 Å². The topological polar surface area (TPSA) is 78.4 Å². The molecule has 3 N–H and O–H groups in total. The van der Waals surface area contributed by atoms with Crippen molar-refractivity contribution in [3.8, 4) is 5.75 Å². The van der Waals surface area contributed by atoms with Crippen LogP contribution in [0.15, 0.2) is 24.3 Å². The van der Waals surface area contributed by atoms with Crippen LogP contribution in [0, 0.1) is 0 Å². The highest BCUT2D eigenvalue weighted by Crippen LogP contribution is 2.19. The van der Waals surface area contributed by atoms with Crippen LogP contribution < -0.4 is 10.6 Å². The fourth-order valence-corrected chi connectivity index (χ4v) is 4.68. The Hall–Kier alpha value is -1.05. The maximum atomic E-state index is 11.4. The molecule has 1 aromatic carbocycles. The van der Waals surface area contributed by atoms with Gasteiger partial charge in [-0.15, -0.1) is 11.6 Å². The summed E-state index contributed by atoms with van der Waals surface area (Å²) in [7, 11) is -3.09.